The number of ether oxygens (including phenoxy) is 1. The van der Waals surface area contributed by atoms with Crippen molar-refractivity contribution >= 4 is 11.8 Å². The quantitative estimate of drug-likeness (QED) is 0.401. The molecule has 0 fully saturated rings. The molecular weight excluding hydrogens is 361 g/mol. The summed E-state index contributed by atoms with van der Waals surface area (Å²) in [5.74, 6) is 2.01. The summed E-state index contributed by atoms with van der Waals surface area (Å²) in [6.07, 6.45) is 1.81. The Morgan fingerprint density at radius 2 is 1.89 bits per heavy atom. The number of rotatable bonds is 8. The van der Waals surface area contributed by atoms with E-state index in [1.165, 1.54) is 23.3 Å². The van der Waals surface area contributed by atoms with E-state index in [2.05, 4.69) is 30.6 Å². The molecule has 0 bridgehead atoms. The number of hydrogen-bond donors (Lipinski definition) is 0. The molecule has 27 heavy (non-hydrogen) atoms. The Balaban J connectivity index is 1.69. The van der Waals surface area contributed by atoms with Crippen molar-refractivity contribution in [3.63, 3.8) is 0 Å². The van der Waals surface area contributed by atoms with Gasteiger partial charge < -0.3 is 4.74 Å². The highest BCUT2D eigenvalue weighted by molar-refractivity contribution is 7.98. The van der Waals surface area contributed by atoms with Gasteiger partial charge in [-0.1, -0.05) is 36.0 Å². The van der Waals surface area contributed by atoms with Crippen molar-refractivity contribution in [3.05, 3.63) is 83.5 Å². The van der Waals surface area contributed by atoms with Crippen LogP contribution in [0.5, 0.6) is 5.75 Å². The Hall–Kier alpha value is -2.60. The first-order valence-electron chi connectivity index (χ1n) is 8.67. The van der Waals surface area contributed by atoms with E-state index in [0.29, 0.717) is 18.9 Å². The minimum absolute atomic E-state index is 0.232. The predicted molar refractivity (Wildman–Crippen MR) is 106 cm³/mol. The first kappa shape index (κ1) is 19.2. The van der Waals surface area contributed by atoms with Crippen LogP contribution in [-0.4, -0.2) is 14.8 Å². The molecule has 0 aliphatic rings. The summed E-state index contributed by atoms with van der Waals surface area (Å²) >= 11 is 1.56. The van der Waals surface area contributed by atoms with Gasteiger partial charge in [-0.3, -0.25) is 4.57 Å². The number of aryl methyl sites for hydroxylation is 2. The summed E-state index contributed by atoms with van der Waals surface area (Å²) in [7, 11) is 0. The average molecular weight is 383 g/mol. The third-order valence-electron chi connectivity index (χ3n) is 4.23. The lowest BCUT2D eigenvalue weighted by molar-refractivity contribution is 0.289. The molecule has 0 amide bonds. The van der Waals surface area contributed by atoms with Crippen LogP contribution in [0.4, 0.5) is 4.39 Å². The number of halogens is 1. The van der Waals surface area contributed by atoms with Crippen LogP contribution >= 0.6 is 11.8 Å². The summed E-state index contributed by atoms with van der Waals surface area (Å²) in [5, 5.41) is 9.35. The first-order valence-corrected chi connectivity index (χ1v) is 9.65. The van der Waals surface area contributed by atoms with E-state index in [9.17, 15) is 4.39 Å². The van der Waals surface area contributed by atoms with Crippen LogP contribution in [0.2, 0.25) is 0 Å². The van der Waals surface area contributed by atoms with Crippen molar-refractivity contribution in [2.75, 3.05) is 0 Å². The average Bonchev–Trinajstić information content (AvgIpc) is 3.04. The Labute approximate surface area is 163 Å². The van der Waals surface area contributed by atoms with Crippen molar-refractivity contribution < 1.29 is 9.13 Å². The summed E-state index contributed by atoms with van der Waals surface area (Å²) in [5.41, 5.74) is 3.45. The van der Waals surface area contributed by atoms with Gasteiger partial charge >= 0.3 is 0 Å². The van der Waals surface area contributed by atoms with Gasteiger partial charge in [-0.05, 0) is 54.8 Å². The molecule has 0 spiro atoms. The highest BCUT2D eigenvalue weighted by atomic mass is 32.2. The van der Waals surface area contributed by atoms with Crippen molar-refractivity contribution in [2.24, 2.45) is 0 Å². The van der Waals surface area contributed by atoms with Crippen LogP contribution < -0.4 is 4.74 Å². The molecular formula is C21H22FN3OS. The second kappa shape index (κ2) is 8.86. The molecule has 0 saturated heterocycles. The van der Waals surface area contributed by atoms with E-state index in [1.807, 2.05) is 28.8 Å². The molecule has 0 radical (unpaired) electrons. The van der Waals surface area contributed by atoms with Crippen LogP contribution in [0, 0.1) is 19.7 Å². The summed E-state index contributed by atoms with van der Waals surface area (Å²) in [6.45, 7) is 8.89. The van der Waals surface area contributed by atoms with E-state index in [-0.39, 0.29) is 5.82 Å². The lowest BCUT2D eigenvalue weighted by Crippen LogP contribution is -2.07. The number of benzene rings is 2. The van der Waals surface area contributed by atoms with Gasteiger partial charge in [0.25, 0.3) is 0 Å². The van der Waals surface area contributed by atoms with Crippen molar-refractivity contribution in [1.82, 2.24) is 14.8 Å². The maximum Gasteiger partial charge on any atom is 0.191 e. The SMILES string of the molecule is C=CCn1c(COc2ccc(C)c(C)c2)nnc1SCc1ccc(F)cc1. The number of aromatic nitrogens is 3. The third kappa shape index (κ3) is 4.98. The van der Waals surface area contributed by atoms with E-state index < -0.39 is 0 Å². The normalized spacial score (nSPS) is 10.8. The highest BCUT2D eigenvalue weighted by Crippen LogP contribution is 2.23. The Morgan fingerprint density at radius 3 is 2.59 bits per heavy atom. The molecule has 0 aliphatic carbocycles. The molecule has 0 saturated carbocycles. The molecule has 1 heterocycles. The van der Waals surface area contributed by atoms with Gasteiger partial charge in [0.15, 0.2) is 11.0 Å². The summed E-state index contributed by atoms with van der Waals surface area (Å²) < 4.78 is 20.9. The van der Waals surface area contributed by atoms with Crippen LogP contribution in [0.15, 0.2) is 60.3 Å². The molecule has 0 atom stereocenters. The van der Waals surface area contributed by atoms with Gasteiger partial charge in [-0.15, -0.1) is 16.8 Å². The van der Waals surface area contributed by atoms with Gasteiger partial charge in [-0.2, -0.15) is 0 Å². The summed E-state index contributed by atoms with van der Waals surface area (Å²) in [6, 6.07) is 12.5. The molecule has 4 nitrogen and oxygen atoms in total. The molecule has 3 rings (SSSR count). The first-order chi connectivity index (χ1) is 13.1. The van der Waals surface area contributed by atoms with E-state index in [1.54, 1.807) is 23.9 Å². The minimum Gasteiger partial charge on any atom is -0.486 e. The van der Waals surface area contributed by atoms with E-state index in [0.717, 1.165) is 22.3 Å². The van der Waals surface area contributed by atoms with E-state index in [4.69, 9.17) is 4.74 Å². The molecule has 6 heteroatoms. The fourth-order valence-corrected chi connectivity index (χ4v) is 3.45. The molecule has 0 aliphatic heterocycles. The topological polar surface area (TPSA) is 39.9 Å². The number of hydrogen-bond acceptors (Lipinski definition) is 4. The Morgan fingerprint density at radius 1 is 1.11 bits per heavy atom. The van der Waals surface area contributed by atoms with Crippen LogP contribution in [0.25, 0.3) is 0 Å². The number of allylic oxidation sites excluding steroid dienone is 1. The zero-order valence-corrected chi connectivity index (χ0v) is 16.3. The Kier molecular flexibility index (Phi) is 6.29. The molecule has 0 N–H and O–H groups in total. The fourth-order valence-electron chi connectivity index (χ4n) is 2.53. The smallest absolute Gasteiger partial charge is 0.191 e. The standard InChI is InChI=1S/C21H22FN3OS/c1-4-11-25-20(13-26-19-10-5-15(2)16(3)12-19)23-24-21(25)27-14-17-6-8-18(22)9-7-17/h4-10,12H,1,11,13-14H2,2-3H3. The largest absolute Gasteiger partial charge is 0.486 e. The molecule has 0 unspecified atom stereocenters. The molecule has 3 aromatic rings. The van der Waals surface area contributed by atoms with Gasteiger partial charge in [0.05, 0.1) is 0 Å². The highest BCUT2D eigenvalue weighted by Gasteiger charge is 2.13. The monoisotopic (exact) mass is 383 g/mol. The van der Waals surface area contributed by atoms with Crippen LogP contribution in [-0.2, 0) is 18.9 Å². The van der Waals surface area contributed by atoms with Crippen molar-refractivity contribution in [1.29, 1.82) is 0 Å². The van der Waals surface area contributed by atoms with Gasteiger partial charge in [0, 0.05) is 12.3 Å². The molecule has 1 aromatic heterocycles. The summed E-state index contributed by atoms with van der Waals surface area (Å²) in [4.78, 5) is 0. The zero-order chi connectivity index (χ0) is 19.2. The second-order valence-electron chi connectivity index (χ2n) is 6.25. The lowest BCUT2D eigenvalue weighted by atomic mass is 10.1. The maximum atomic E-state index is 13.0. The number of thioether (sulfide) groups is 1. The van der Waals surface area contributed by atoms with Gasteiger partial charge in [-0.25, -0.2) is 4.39 Å². The zero-order valence-electron chi connectivity index (χ0n) is 15.5. The second-order valence-corrected chi connectivity index (χ2v) is 7.19. The van der Waals surface area contributed by atoms with Crippen molar-refractivity contribution in [3.8, 4) is 5.75 Å². The fraction of sp³-hybridized carbons (Fsp3) is 0.238. The van der Waals surface area contributed by atoms with Crippen molar-refractivity contribution in [2.45, 2.75) is 37.9 Å². The maximum absolute atomic E-state index is 13.0. The third-order valence-corrected chi connectivity index (χ3v) is 5.27. The Bertz CT molecular complexity index is 922. The van der Waals surface area contributed by atoms with E-state index >= 15 is 0 Å². The molecule has 140 valence electrons. The minimum atomic E-state index is -0.232. The van der Waals surface area contributed by atoms with Gasteiger partial charge in [0.1, 0.15) is 18.2 Å². The van der Waals surface area contributed by atoms with Crippen LogP contribution in [0.1, 0.15) is 22.5 Å². The van der Waals surface area contributed by atoms with Crippen LogP contribution in [0.3, 0.4) is 0 Å². The number of nitrogens with zero attached hydrogens (tertiary/aromatic N) is 3. The predicted octanol–water partition coefficient (Wildman–Crippen LogP) is 5.09. The molecule has 2 aromatic carbocycles. The lowest BCUT2D eigenvalue weighted by Gasteiger charge is -2.10. The van der Waals surface area contributed by atoms with Gasteiger partial charge in [0.2, 0.25) is 0 Å².